The van der Waals surface area contributed by atoms with Gasteiger partial charge in [0.2, 0.25) is 0 Å². The quantitative estimate of drug-likeness (QED) is 0.645. The Morgan fingerprint density at radius 2 is 2.20 bits per heavy atom. The lowest BCUT2D eigenvalue weighted by atomic mass is 10.2. The Morgan fingerprint density at radius 3 is 2.85 bits per heavy atom. The molecule has 0 aliphatic carbocycles. The highest BCUT2D eigenvalue weighted by Gasteiger charge is 2.21. The number of rotatable bonds is 3. The fraction of sp³-hybridized carbons (Fsp3) is 0.0833. The van der Waals surface area contributed by atoms with Gasteiger partial charge in [-0.15, -0.1) is 0 Å². The van der Waals surface area contributed by atoms with Crippen molar-refractivity contribution in [2.24, 2.45) is 0 Å². The molecule has 0 atom stereocenters. The molecule has 0 radical (unpaired) electrons. The summed E-state index contributed by atoms with van der Waals surface area (Å²) >= 11 is 0. The van der Waals surface area contributed by atoms with E-state index in [1.54, 1.807) is 25.1 Å². The molecule has 0 saturated heterocycles. The SMILES string of the molecule is Cc1cccc(NC(=O)c2cc(N)ncc2[N+](=O)[O-])n1. The second kappa shape index (κ2) is 5.31. The number of hydrogen-bond acceptors (Lipinski definition) is 6. The summed E-state index contributed by atoms with van der Waals surface area (Å²) in [4.78, 5) is 29.9. The third-order valence-electron chi connectivity index (χ3n) is 2.48. The average Bonchev–Trinajstić information content (AvgIpc) is 2.38. The molecule has 0 aliphatic rings. The number of nitro groups is 1. The van der Waals surface area contributed by atoms with Crippen LogP contribution in [-0.4, -0.2) is 20.8 Å². The van der Waals surface area contributed by atoms with E-state index in [4.69, 9.17) is 5.73 Å². The number of nitrogens with two attached hydrogens (primary N) is 1. The summed E-state index contributed by atoms with van der Waals surface area (Å²) in [7, 11) is 0. The first-order chi connectivity index (χ1) is 9.47. The smallest absolute Gasteiger partial charge is 0.300 e. The number of nitrogens with zero attached hydrogens (tertiary/aromatic N) is 3. The van der Waals surface area contributed by atoms with Crippen LogP contribution in [0.4, 0.5) is 17.3 Å². The van der Waals surface area contributed by atoms with Crippen LogP contribution in [0.5, 0.6) is 0 Å². The van der Waals surface area contributed by atoms with Crippen LogP contribution in [0.1, 0.15) is 16.1 Å². The Balaban J connectivity index is 2.34. The number of carbonyl (C=O) groups is 1. The molecule has 0 fully saturated rings. The lowest BCUT2D eigenvalue weighted by Gasteiger charge is -2.06. The standard InChI is InChI=1S/C12H11N5O3/c1-7-3-2-4-11(15-7)16-12(18)8-5-10(13)14-6-9(8)17(19)20/h2-6H,1H3,(H2,13,14)(H,15,16,18). The van der Waals surface area contributed by atoms with Crippen LogP contribution in [0.2, 0.25) is 0 Å². The Hall–Kier alpha value is -3.03. The molecule has 102 valence electrons. The molecule has 3 N–H and O–H groups in total. The van der Waals surface area contributed by atoms with Gasteiger partial charge in [-0.3, -0.25) is 14.9 Å². The van der Waals surface area contributed by atoms with Crippen LogP contribution < -0.4 is 11.1 Å². The second-order valence-electron chi connectivity index (χ2n) is 4.00. The third-order valence-corrected chi connectivity index (χ3v) is 2.48. The van der Waals surface area contributed by atoms with Gasteiger partial charge in [0.15, 0.2) is 0 Å². The van der Waals surface area contributed by atoms with E-state index in [9.17, 15) is 14.9 Å². The average molecular weight is 273 g/mol. The molecule has 0 spiro atoms. The van der Waals surface area contributed by atoms with Gasteiger partial charge in [-0.05, 0) is 25.1 Å². The number of amides is 1. The van der Waals surface area contributed by atoms with Gasteiger partial charge in [0.1, 0.15) is 23.4 Å². The first-order valence-corrected chi connectivity index (χ1v) is 5.62. The zero-order chi connectivity index (χ0) is 14.7. The minimum absolute atomic E-state index is 0.0259. The van der Waals surface area contributed by atoms with Gasteiger partial charge in [0.05, 0.1) is 4.92 Å². The van der Waals surface area contributed by atoms with Crippen LogP contribution >= 0.6 is 0 Å². The molecule has 0 aromatic carbocycles. The van der Waals surface area contributed by atoms with Gasteiger partial charge in [-0.2, -0.15) is 0 Å². The van der Waals surface area contributed by atoms with Crippen molar-refractivity contribution in [3.05, 3.63) is 51.8 Å². The van der Waals surface area contributed by atoms with Gasteiger partial charge in [0.25, 0.3) is 11.6 Å². The van der Waals surface area contributed by atoms with Gasteiger partial charge in [0, 0.05) is 5.69 Å². The van der Waals surface area contributed by atoms with Crippen LogP contribution in [0, 0.1) is 17.0 Å². The van der Waals surface area contributed by atoms with Crippen LogP contribution in [0.3, 0.4) is 0 Å². The van der Waals surface area contributed by atoms with Crippen molar-refractivity contribution >= 4 is 23.2 Å². The molecule has 2 aromatic rings. The Bertz CT molecular complexity index is 687. The van der Waals surface area contributed by atoms with Crippen molar-refractivity contribution in [2.45, 2.75) is 6.92 Å². The van der Waals surface area contributed by atoms with E-state index < -0.39 is 16.5 Å². The number of nitrogen functional groups attached to an aromatic ring is 1. The van der Waals surface area contributed by atoms with Crippen molar-refractivity contribution in [3.63, 3.8) is 0 Å². The number of nitrogens with one attached hydrogen (secondary N) is 1. The molecule has 2 rings (SSSR count). The van der Waals surface area contributed by atoms with Crippen LogP contribution in [0.15, 0.2) is 30.5 Å². The van der Waals surface area contributed by atoms with Crippen molar-refractivity contribution in [3.8, 4) is 0 Å². The molecular formula is C12H11N5O3. The zero-order valence-corrected chi connectivity index (χ0v) is 10.5. The van der Waals surface area contributed by atoms with Gasteiger partial charge in [-0.25, -0.2) is 9.97 Å². The van der Waals surface area contributed by atoms with Crippen molar-refractivity contribution in [1.29, 1.82) is 0 Å². The maximum atomic E-state index is 12.1. The van der Waals surface area contributed by atoms with Crippen molar-refractivity contribution < 1.29 is 9.72 Å². The summed E-state index contributed by atoms with van der Waals surface area (Å²) in [5.74, 6) is -0.332. The highest BCUT2D eigenvalue weighted by atomic mass is 16.6. The fourth-order valence-electron chi connectivity index (χ4n) is 1.59. The van der Waals surface area contributed by atoms with E-state index in [0.29, 0.717) is 11.5 Å². The van der Waals surface area contributed by atoms with E-state index in [1.165, 1.54) is 0 Å². The molecular weight excluding hydrogens is 262 g/mol. The van der Waals surface area contributed by atoms with E-state index in [2.05, 4.69) is 15.3 Å². The van der Waals surface area contributed by atoms with Crippen LogP contribution in [0.25, 0.3) is 0 Å². The number of aryl methyl sites for hydroxylation is 1. The normalized spacial score (nSPS) is 10.1. The third kappa shape index (κ3) is 2.86. The predicted molar refractivity (Wildman–Crippen MR) is 72.2 cm³/mol. The molecule has 2 aromatic heterocycles. The summed E-state index contributed by atoms with van der Waals surface area (Å²) < 4.78 is 0. The molecule has 8 heteroatoms. The van der Waals surface area contributed by atoms with E-state index in [-0.39, 0.29) is 11.4 Å². The minimum atomic E-state index is -0.689. The number of pyridine rings is 2. The number of anilines is 2. The maximum Gasteiger partial charge on any atom is 0.300 e. The summed E-state index contributed by atoms with van der Waals surface area (Å²) in [6.45, 7) is 1.77. The zero-order valence-electron chi connectivity index (χ0n) is 10.5. The molecule has 20 heavy (non-hydrogen) atoms. The molecule has 8 nitrogen and oxygen atoms in total. The molecule has 0 aliphatic heterocycles. The monoisotopic (exact) mass is 273 g/mol. The molecule has 2 heterocycles. The lowest BCUT2D eigenvalue weighted by Crippen LogP contribution is -2.15. The van der Waals surface area contributed by atoms with E-state index in [0.717, 1.165) is 12.3 Å². The second-order valence-corrected chi connectivity index (χ2v) is 4.00. The van der Waals surface area contributed by atoms with E-state index in [1.807, 2.05) is 0 Å². The molecule has 0 bridgehead atoms. The van der Waals surface area contributed by atoms with Crippen LogP contribution in [-0.2, 0) is 0 Å². The number of hydrogen-bond donors (Lipinski definition) is 2. The largest absolute Gasteiger partial charge is 0.384 e. The van der Waals surface area contributed by atoms with Gasteiger partial charge in [-0.1, -0.05) is 6.07 Å². The van der Waals surface area contributed by atoms with Crippen molar-refractivity contribution in [2.75, 3.05) is 11.1 Å². The minimum Gasteiger partial charge on any atom is -0.384 e. The molecule has 0 unspecified atom stereocenters. The highest BCUT2D eigenvalue weighted by molar-refractivity contribution is 6.06. The summed E-state index contributed by atoms with van der Waals surface area (Å²) in [6, 6.07) is 6.22. The Kier molecular flexibility index (Phi) is 3.56. The lowest BCUT2D eigenvalue weighted by molar-refractivity contribution is -0.385. The molecule has 1 amide bonds. The first kappa shape index (κ1) is 13.4. The van der Waals surface area contributed by atoms with E-state index >= 15 is 0 Å². The maximum absolute atomic E-state index is 12.1. The summed E-state index contributed by atoms with van der Waals surface area (Å²) in [5.41, 5.74) is 5.59. The number of carbonyl (C=O) groups excluding carboxylic acids is 1. The predicted octanol–water partition coefficient (Wildman–Crippen LogP) is 1.53. The summed E-state index contributed by atoms with van der Waals surface area (Å²) in [6.07, 6.45) is 0.952. The summed E-state index contributed by atoms with van der Waals surface area (Å²) in [5, 5.41) is 13.4. The van der Waals surface area contributed by atoms with Gasteiger partial charge < -0.3 is 11.1 Å². The topological polar surface area (TPSA) is 124 Å². The van der Waals surface area contributed by atoms with Gasteiger partial charge >= 0.3 is 0 Å². The Morgan fingerprint density at radius 1 is 1.45 bits per heavy atom. The first-order valence-electron chi connectivity index (χ1n) is 5.62. The molecule has 0 saturated carbocycles. The number of aromatic nitrogens is 2. The highest BCUT2D eigenvalue weighted by Crippen LogP contribution is 2.20. The van der Waals surface area contributed by atoms with Crippen molar-refractivity contribution in [1.82, 2.24) is 9.97 Å². The fourth-order valence-corrected chi connectivity index (χ4v) is 1.59. The Labute approximate surface area is 113 Å².